The van der Waals surface area contributed by atoms with E-state index in [1.807, 2.05) is 31.2 Å². The maximum Gasteiger partial charge on any atom is 0.164 e. The van der Waals surface area contributed by atoms with Gasteiger partial charge in [-0.3, -0.25) is 0 Å². The number of para-hydroxylation sites is 1. The molecular weight excluding hydrogens is 240 g/mol. The van der Waals surface area contributed by atoms with E-state index in [4.69, 9.17) is 10.5 Å². The minimum atomic E-state index is 0.332. The molecule has 0 amide bonds. The number of rotatable bonds is 4. The third-order valence-electron chi connectivity index (χ3n) is 2.56. The van der Waals surface area contributed by atoms with Crippen molar-refractivity contribution < 1.29 is 4.74 Å². The van der Waals surface area contributed by atoms with Crippen LogP contribution in [0.5, 0.6) is 5.75 Å². The summed E-state index contributed by atoms with van der Waals surface area (Å²) in [6.45, 7) is 3.49. The van der Waals surface area contributed by atoms with E-state index in [1.54, 1.807) is 4.68 Å². The summed E-state index contributed by atoms with van der Waals surface area (Å²) < 4.78 is 7.55. The van der Waals surface area contributed by atoms with E-state index >= 15 is 0 Å². The number of hydrogen-bond donors (Lipinski definition) is 1. The summed E-state index contributed by atoms with van der Waals surface area (Å²) >= 11 is 0. The van der Waals surface area contributed by atoms with Crippen LogP contribution in [-0.2, 0) is 13.2 Å². The van der Waals surface area contributed by atoms with E-state index < -0.39 is 0 Å². The largest absolute Gasteiger partial charge is 0.484 e. The summed E-state index contributed by atoms with van der Waals surface area (Å²) in [7, 11) is 0. The second kappa shape index (κ2) is 6.57. The maximum atomic E-state index is 5.75. The Kier molecular flexibility index (Phi) is 4.54. The van der Waals surface area contributed by atoms with Gasteiger partial charge in [-0.1, -0.05) is 24.0 Å². The van der Waals surface area contributed by atoms with Crippen molar-refractivity contribution in [2.75, 3.05) is 6.54 Å². The van der Waals surface area contributed by atoms with E-state index in [-0.39, 0.29) is 0 Å². The monoisotopic (exact) mass is 256 g/mol. The molecule has 1 aromatic heterocycles. The minimum absolute atomic E-state index is 0.332. The highest BCUT2D eigenvalue weighted by Gasteiger charge is 2.05. The van der Waals surface area contributed by atoms with Crippen molar-refractivity contribution >= 4 is 0 Å². The van der Waals surface area contributed by atoms with Crippen LogP contribution in [0.2, 0.25) is 0 Å². The fourth-order valence-electron chi connectivity index (χ4n) is 1.65. The van der Waals surface area contributed by atoms with Crippen LogP contribution in [-0.4, -0.2) is 21.3 Å². The van der Waals surface area contributed by atoms with Crippen LogP contribution in [0.1, 0.15) is 18.3 Å². The molecule has 2 aromatic rings. The quantitative estimate of drug-likeness (QED) is 0.834. The lowest BCUT2D eigenvalue weighted by atomic mass is 10.2. The Morgan fingerprint density at radius 1 is 1.37 bits per heavy atom. The summed E-state index contributed by atoms with van der Waals surface area (Å²) in [6, 6.07) is 7.62. The molecule has 0 saturated heterocycles. The fraction of sp³-hybridized carbons (Fsp3) is 0.286. The van der Waals surface area contributed by atoms with Crippen molar-refractivity contribution in [3.05, 3.63) is 42.0 Å². The zero-order valence-corrected chi connectivity index (χ0v) is 10.8. The van der Waals surface area contributed by atoms with E-state index in [0.717, 1.165) is 23.7 Å². The summed E-state index contributed by atoms with van der Waals surface area (Å²) in [4.78, 5) is 4.16. The van der Waals surface area contributed by atoms with Crippen molar-refractivity contribution in [1.29, 1.82) is 0 Å². The summed E-state index contributed by atoms with van der Waals surface area (Å²) in [5.41, 5.74) is 6.21. The Labute approximate surface area is 112 Å². The number of aromatic nitrogens is 3. The van der Waals surface area contributed by atoms with Crippen molar-refractivity contribution in [3.8, 4) is 17.6 Å². The molecule has 0 bridgehead atoms. The lowest BCUT2D eigenvalue weighted by Gasteiger charge is -2.08. The molecule has 0 aliphatic rings. The van der Waals surface area contributed by atoms with Gasteiger partial charge in [-0.2, -0.15) is 5.10 Å². The molecule has 2 rings (SSSR count). The molecule has 5 nitrogen and oxygen atoms in total. The number of nitrogens with zero attached hydrogens (tertiary/aromatic N) is 3. The van der Waals surface area contributed by atoms with E-state index in [0.29, 0.717) is 13.2 Å². The molecule has 1 aromatic carbocycles. The average molecular weight is 256 g/mol. The smallest absolute Gasteiger partial charge is 0.164 e. The zero-order valence-electron chi connectivity index (χ0n) is 10.8. The van der Waals surface area contributed by atoms with Gasteiger partial charge in [0.15, 0.2) is 5.82 Å². The molecule has 0 atom stereocenters. The highest BCUT2D eigenvalue weighted by Crippen LogP contribution is 2.17. The molecule has 0 aliphatic heterocycles. The maximum absolute atomic E-state index is 5.75. The van der Waals surface area contributed by atoms with Crippen LogP contribution < -0.4 is 10.5 Å². The van der Waals surface area contributed by atoms with Crippen LogP contribution in [0.4, 0.5) is 0 Å². The highest BCUT2D eigenvalue weighted by atomic mass is 16.5. The number of aryl methyl sites for hydroxylation is 1. The van der Waals surface area contributed by atoms with Gasteiger partial charge in [0.05, 0.1) is 12.1 Å². The SMILES string of the molecule is CCn1ncnc1COc1ccccc1C#CCN. The number of benzene rings is 1. The molecular formula is C14H16N4O. The predicted molar refractivity (Wildman–Crippen MR) is 72.4 cm³/mol. The molecule has 1 heterocycles. The standard InChI is InChI=1S/C14H16N4O/c1-2-18-14(16-11-17-18)10-19-13-8-4-3-6-12(13)7-5-9-15/h3-4,6,8,11H,2,9-10,15H2,1H3. The molecule has 5 heteroatoms. The normalized spacial score (nSPS) is 9.79. The van der Waals surface area contributed by atoms with Crippen molar-refractivity contribution in [2.45, 2.75) is 20.1 Å². The first-order valence-electron chi connectivity index (χ1n) is 6.12. The number of nitrogens with two attached hydrogens (primary N) is 1. The Bertz CT molecular complexity index is 595. The Hall–Kier alpha value is -2.32. The highest BCUT2D eigenvalue weighted by molar-refractivity contribution is 5.45. The second-order valence-electron chi connectivity index (χ2n) is 3.78. The molecule has 98 valence electrons. The molecule has 2 N–H and O–H groups in total. The van der Waals surface area contributed by atoms with Crippen molar-refractivity contribution in [3.63, 3.8) is 0 Å². The first kappa shape index (κ1) is 13.1. The molecule has 19 heavy (non-hydrogen) atoms. The molecule has 0 fully saturated rings. The van der Waals surface area contributed by atoms with Crippen molar-refractivity contribution in [1.82, 2.24) is 14.8 Å². The topological polar surface area (TPSA) is 66.0 Å². The summed E-state index contributed by atoms with van der Waals surface area (Å²) in [5, 5.41) is 4.10. The number of hydrogen-bond acceptors (Lipinski definition) is 4. The minimum Gasteiger partial charge on any atom is -0.484 e. The third-order valence-corrected chi connectivity index (χ3v) is 2.56. The second-order valence-corrected chi connectivity index (χ2v) is 3.78. The van der Waals surface area contributed by atoms with Gasteiger partial charge in [0.2, 0.25) is 0 Å². The molecule has 0 unspecified atom stereocenters. The lowest BCUT2D eigenvalue weighted by molar-refractivity contribution is 0.286. The van der Waals surface area contributed by atoms with Gasteiger partial charge in [0.1, 0.15) is 18.7 Å². The Morgan fingerprint density at radius 2 is 2.21 bits per heavy atom. The van der Waals surface area contributed by atoms with Gasteiger partial charge >= 0.3 is 0 Å². The van der Waals surface area contributed by atoms with Gasteiger partial charge in [-0.15, -0.1) is 0 Å². The summed E-state index contributed by atoms with van der Waals surface area (Å²) in [6.07, 6.45) is 1.53. The van der Waals surface area contributed by atoms with Gasteiger partial charge in [0, 0.05) is 6.54 Å². The molecule has 0 radical (unpaired) electrons. The van der Waals surface area contributed by atoms with Gasteiger partial charge < -0.3 is 10.5 Å². The van der Waals surface area contributed by atoms with Gasteiger partial charge in [0.25, 0.3) is 0 Å². The summed E-state index contributed by atoms with van der Waals surface area (Å²) in [5.74, 6) is 7.34. The van der Waals surface area contributed by atoms with Crippen LogP contribution in [0, 0.1) is 11.8 Å². The zero-order chi connectivity index (χ0) is 13.5. The lowest BCUT2D eigenvalue weighted by Crippen LogP contribution is -2.07. The molecule has 0 spiro atoms. The van der Waals surface area contributed by atoms with E-state index in [9.17, 15) is 0 Å². The van der Waals surface area contributed by atoms with Crippen LogP contribution in [0.25, 0.3) is 0 Å². The van der Waals surface area contributed by atoms with Gasteiger partial charge in [-0.05, 0) is 19.1 Å². The Balaban J connectivity index is 2.11. The van der Waals surface area contributed by atoms with E-state index in [2.05, 4.69) is 21.9 Å². The van der Waals surface area contributed by atoms with Crippen LogP contribution in [0.3, 0.4) is 0 Å². The van der Waals surface area contributed by atoms with E-state index in [1.165, 1.54) is 6.33 Å². The number of ether oxygens (including phenoxy) is 1. The first-order chi connectivity index (χ1) is 9.35. The predicted octanol–water partition coefficient (Wildman–Crippen LogP) is 1.19. The molecule has 0 saturated carbocycles. The van der Waals surface area contributed by atoms with Crippen molar-refractivity contribution in [2.24, 2.45) is 5.73 Å². The van der Waals surface area contributed by atoms with Crippen LogP contribution in [0.15, 0.2) is 30.6 Å². The van der Waals surface area contributed by atoms with Crippen LogP contribution >= 0.6 is 0 Å². The Morgan fingerprint density at radius 3 is 3.00 bits per heavy atom. The average Bonchev–Trinajstić information content (AvgIpc) is 2.91. The molecule has 0 aliphatic carbocycles. The third kappa shape index (κ3) is 3.33. The first-order valence-corrected chi connectivity index (χ1v) is 6.12. The fourth-order valence-corrected chi connectivity index (χ4v) is 1.65. The van der Waals surface area contributed by atoms with Gasteiger partial charge in [-0.25, -0.2) is 9.67 Å².